The van der Waals surface area contributed by atoms with Crippen molar-refractivity contribution >= 4 is 36.7 Å². The number of nitrogens with zero attached hydrogens (tertiary/aromatic N) is 3. The van der Waals surface area contributed by atoms with Crippen LogP contribution in [0.3, 0.4) is 0 Å². The highest BCUT2D eigenvalue weighted by molar-refractivity contribution is 7.98. The lowest BCUT2D eigenvalue weighted by Crippen LogP contribution is -2.43. The van der Waals surface area contributed by atoms with Gasteiger partial charge in [-0.15, -0.1) is 5.54 Å². The maximum atomic E-state index is 10.1. The Balaban J connectivity index is 2.11. The van der Waals surface area contributed by atoms with Crippen LogP contribution < -0.4 is 5.32 Å². The predicted octanol–water partition coefficient (Wildman–Crippen LogP) is 6.28. The zero-order valence-electron chi connectivity index (χ0n) is 21.3. The molecule has 1 aliphatic carbocycles. The molecule has 7 heteroatoms. The van der Waals surface area contributed by atoms with Crippen LogP contribution in [-0.4, -0.2) is 47.0 Å². The molecule has 1 saturated carbocycles. The van der Waals surface area contributed by atoms with E-state index in [9.17, 15) is 5.11 Å². The fourth-order valence-electron chi connectivity index (χ4n) is 5.74. The minimum absolute atomic E-state index is 0.00979. The maximum Gasteiger partial charge on any atom is 0.189 e. The summed E-state index contributed by atoms with van der Waals surface area (Å²) in [5.74, 6) is 4.82. The molecule has 1 atom stereocenters. The lowest BCUT2D eigenvalue weighted by molar-refractivity contribution is 0.238. The van der Waals surface area contributed by atoms with Crippen LogP contribution in [0.5, 0.6) is 0 Å². The normalized spacial score (nSPS) is 16.0. The van der Waals surface area contributed by atoms with Gasteiger partial charge in [-0.2, -0.15) is 0 Å². The Morgan fingerprint density at radius 1 is 1.09 bits per heavy atom. The number of aliphatic hydroxyl groups is 1. The second kappa shape index (κ2) is 11.2. The van der Waals surface area contributed by atoms with Crippen LogP contribution in [-0.2, 0) is 0 Å². The number of anilines is 1. The fourth-order valence-corrected chi connectivity index (χ4v) is 11.3. The predicted molar refractivity (Wildman–Crippen MR) is 143 cm³/mol. The monoisotopic (exact) mass is 484 g/mol. The molecule has 0 spiro atoms. The molecule has 180 valence electrons. The van der Waals surface area contributed by atoms with Crippen LogP contribution in [0.1, 0.15) is 72.8 Å². The molecule has 5 nitrogen and oxygen atoms in total. The van der Waals surface area contributed by atoms with E-state index in [1.54, 1.807) is 0 Å². The Hall–Kier alpha value is -1.62. The molecule has 0 bridgehead atoms. The van der Waals surface area contributed by atoms with E-state index in [1.807, 2.05) is 18.5 Å². The number of pyridine rings is 1. The molecule has 1 aliphatic rings. The number of nitrogens with one attached hydrogen (secondary N) is 1. The third-order valence-corrected chi connectivity index (χ3v) is 14.4. The molecule has 2 aromatic rings. The van der Waals surface area contributed by atoms with Crippen LogP contribution in [0.15, 0.2) is 17.4 Å². The number of hydrogen-bond donors (Lipinski definition) is 2. The van der Waals surface area contributed by atoms with Crippen LogP contribution in [0.2, 0.25) is 16.6 Å². The Bertz CT molecular complexity index is 987. The van der Waals surface area contributed by atoms with Gasteiger partial charge in [0.15, 0.2) is 10.8 Å². The zero-order chi connectivity index (χ0) is 24.2. The lowest BCUT2D eigenvalue weighted by atomic mass is 9.99. The first-order chi connectivity index (χ1) is 15.7. The highest BCUT2D eigenvalue weighted by Crippen LogP contribution is 2.41. The molecule has 2 heterocycles. The van der Waals surface area contributed by atoms with Gasteiger partial charge in [0.1, 0.15) is 13.9 Å². The largest absolute Gasteiger partial charge is 0.394 e. The first-order valence-corrected chi connectivity index (χ1v) is 15.8. The van der Waals surface area contributed by atoms with Gasteiger partial charge in [-0.05, 0) is 47.7 Å². The van der Waals surface area contributed by atoms with E-state index in [-0.39, 0.29) is 12.6 Å². The number of rotatable bonds is 8. The zero-order valence-corrected chi connectivity index (χ0v) is 23.1. The first-order valence-electron chi connectivity index (χ1n) is 12.3. The summed E-state index contributed by atoms with van der Waals surface area (Å²) < 4.78 is 0. The molecule has 0 saturated heterocycles. The van der Waals surface area contributed by atoms with Gasteiger partial charge in [0.2, 0.25) is 0 Å². The topological polar surface area (TPSA) is 70.9 Å². The van der Waals surface area contributed by atoms with E-state index in [4.69, 9.17) is 4.98 Å². The van der Waals surface area contributed by atoms with Crippen molar-refractivity contribution in [2.45, 2.75) is 95.0 Å². The molecule has 2 N–H and O–H groups in total. The van der Waals surface area contributed by atoms with Gasteiger partial charge in [0.25, 0.3) is 0 Å². The minimum atomic E-state index is -1.88. The average Bonchev–Trinajstić information content (AvgIpc) is 3.31. The third kappa shape index (κ3) is 5.55. The summed E-state index contributed by atoms with van der Waals surface area (Å²) >= 11 is 1.51. The SMILES string of the molecule is CSc1ncc2c(C#C[Si](C(C)C)(C(C)C)C(C)C)cc(NC(CO)C3CCCC3)nc2n1. The average molecular weight is 485 g/mol. The molecule has 0 amide bonds. The lowest BCUT2D eigenvalue weighted by Gasteiger charge is -2.38. The fraction of sp³-hybridized carbons (Fsp3) is 0.654. The van der Waals surface area contributed by atoms with Gasteiger partial charge in [0.05, 0.1) is 18.0 Å². The standard InChI is InChI=1S/C26H40N4OSSi/c1-17(2)33(18(3)4,19(5)6)13-12-21-14-24(28-23(16-31)20-10-8-9-11-20)29-25-22(21)15-27-26(30-25)32-7/h14-15,17-20,23,31H,8-11,16H2,1-7H3,(H,27,28,29,30). The van der Waals surface area contributed by atoms with Crippen LogP contribution in [0, 0.1) is 17.4 Å². The van der Waals surface area contributed by atoms with E-state index in [0.717, 1.165) is 29.6 Å². The highest BCUT2D eigenvalue weighted by Gasteiger charge is 2.41. The van der Waals surface area contributed by atoms with Crippen molar-refractivity contribution in [3.8, 4) is 11.5 Å². The van der Waals surface area contributed by atoms with E-state index >= 15 is 0 Å². The van der Waals surface area contributed by atoms with Gasteiger partial charge < -0.3 is 10.4 Å². The Morgan fingerprint density at radius 3 is 2.27 bits per heavy atom. The Kier molecular flexibility index (Phi) is 8.82. The number of fused-ring (bicyclic) bond motifs is 1. The van der Waals surface area contributed by atoms with Gasteiger partial charge in [-0.3, -0.25) is 0 Å². The van der Waals surface area contributed by atoms with Gasteiger partial charge in [0, 0.05) is 11.8 Å². The second-order valence-corrected chi connectivity index (χ2v) is 16.6. The van der Waals surface area contributed by atoms with Crippen molar-refractivity contribution in [2.24, 2.45) is 5.92 Å². The van der Waals surface area contributed by atoms with E-state index in [0.29, 0.717) is 33.3 Å². The van der Waals surface area contributed by atoms with Crippen molar-refractivity contribution in [3.05, 3.63) is 17.8 Å². The van der Waals surface area contributed by atoms with Crippen molar-refractivity contribution in [1.29, 1.82) is 0 Å². The number of thioether (sulfide) groups is 1. The molecule has 0 aromatic carbocycles. The van der Waals surface area contributed by atoms with Crippen molar-refractivity contribution < 1.29 is 5.11 Å². The van der Waals surface area contributed by atoms with Crippen LogP contribution in [0.4, 0.5) is 5.82 Å². The number of aromatic nitrogens is 3. The van der Waals surface area contributed by atoms with Crippen molar-refractivity contribution in [3.63, 3.8) is 0 Å². The van der Waals surface area contributed by atoms with E-state index in [2.05, 4.69) is 68.3 Å². The van der Waals surface area contributed by atoms with E-state index < -0.39 is 8.07 Å². The maximum absolute atomic E-state index is 10.1. The minimum Gasteiger partial charge on any atom is -0.394 e. The molecule has 3 rings (SSSR count). The highest BCUT2D eigenvalue weighted by atomic mass is 32.2. The number of aliphatic hydroxyl groups excluding tert-OH is 1. The van der Waals surface area contributed by atoms with Crippen molar-refractivity contribution in [2.75, 3.05) is 18.2 Å². The summed E-state index contributed by atoms with van der Waals surface area (Å²) in [4.78, 5) is 14.0. The molecule has 1 fully saturated rings. The summed E-state index contributed by atoms with van der Waals surface area (Å²) in [5.41, 5.74) is 7.13. The molecule has 0 radical (unpaired) electrons. The van der Waals surface area contributed by atoms with Gasteiger partial charge in [-0.25, -0.2) is 15.0 Å². The molecule has 33 heavy (non-hydrogen) atoms. The van der Waals surface area contributed by atoms with Gasteiger partial charge in [-0.1, -0.05) is 72.1 Å². The summed E-state index contributed by atoms with van der Waals surface area (Å²) in [6.07, 6.45) is 8.62. The quantitative estimate of drug-likeness (QED) is 0.199. The van der Waals surface area contributed by atoms with Crippen LogP contribution in [0.25, 0.3) is 11.0 Å². The molecule has 0 aliphatic heterocycles. The first kappa shape index (κ1) is 26.0. The molecular formula is C26H40N4OSSi. The second-order valence-electron chi connectivity index (χ2n) is 10.3. The summed E-state index contributed by atoms with van der Waals surface area (Å²) in [6.45, 7) is 14.1. The smallest absolute Gasteiger partial charge is 0.189 e. The molecule has 2 aromatic heterocycles. The Morgan fingerprint density at radius 2 is 1.73 bits per heavy atom. The summed E-state index contributed by atoms with van der Waals surface area (Å²) in [6, 6.07) is 2.05. The Labute approximate surface area is 205 Å². The summed E-state index contributed by atoms with van der Waals surface area (Å²) in [5, 5.41) is 15.2. The van der Waals surface area contributed by atoms with E-state index in [1.165, 1.54) is 24.6 Å². The summed E-state index contributed by atoms with van der Waals surface area (Å²) in [7, 11) is -1.88. The van der Waals surface area contributed by atoms with Crippen LogP contribution >= 0.6 is 11.8 Å². The molecular weight excluding hydrogens is 444 g/mol. The third-order valence-electron chi connectivity index (χ3n) is 7.51. The van der Waals surface area contributed by atoms with Gasteiger partial charge >= 0.3 is 0 Å². The molecule has 1 unspecified atom stereocenters. The van der Waals surface area contributed by atoms with Crippen molar-refractivity contribution in [1.82, 2.24) is 15.0 Å². The number of hydrogen-bond acceptors (Lipinski definition) is 6.